The van der Waals surface area contributed by atoms with E-state index in [4.69, 9.17) is 10.5 Å². The lowest BCUT2D eigenvalue weighted by Gasteiger charge is -2.15. The van der Waals surface area contributed by atoms with Crippen molar-refractivity contribution in [2.24, 2.45) is 0 Å². The summed E-state index contributed by atoms with van der Waals surface area (Å²) in [4.78, 5) is 3.33. The molecular formula is C24H22BrN2OS+. The van der Waals surface area contributed by atoms with Gasteiger partial charge in [-0.2, -0.15) is 0 Å². The van der Waals surface area contributed by atoms with E-state index in [2.05, 4.69) is 80.9 Å². The summed E-state index contributed by atoms with van der Waals surface area (Å²) in [7, 11) is 1.69. The molecule has 0 unspecified atom stereocenters. The number of anilines is 1. The molecule has 3 nitrogen and oxygen atoms in total. The van der Waals surface area contributed by atoms with Crippen LogP contribution in [0.15, 0.2) is 82.6 Å². The van der Waals surface area contributed by atoms with E-state index in [1.54, 1.807) is 7.11 Å². The molecule has 4 rings (SSSR count). The number of aromatic nitrogens is 1. The van der Waals surface area contributed by atoms with Crippen LogP contribution < -0.4 is 15.5 Å². The average Bonchev–Trinajstić information content (AvgIpc) is 3.19. The van der Waals surface area contributed by atoms with Crippen LogP contribution in [-0.2, 0) is 6.42 Å². The highest BCUT2D eigenvalue weighted by molar-refractivity contribution is 9.10. The molecule has 0 bridgehead atoms. The molecule has 146 valence electrons. The Balaban J connectivity index is 1.63. The minimum absolute atomic E-state index is 0.198. The Morgan fingerprint density at radius 1 is 1.00 bits per heavy atom. The number of thiazole rings is 1. The third kappa shape index (κ3) is 4.52. The molecule has 29 heavy (non-hydrogen) atoms. The third-order valence-corrected chi connectivity index (χ3v) is 6.47. The van der Waals surface area contributed by atoms with Gasteiger partial charge >= 0.3 is 5.13 Å². The summed E-state index contributed by atoms with van der Waals surface area (Å²) >= 11 is 5.18. The van der Waals surface area contributed by atoms with Crippen LogP contribution in [0.2, 0.25) is 0 Å². The molecule has 0 amide bonds. The number of nitrogens with one attached hydrogen (secondary N) is 1. The molecule has 0 saturated carbocycles. The first-order valence-electron chi connectivity index (χ1n) is 9.38. The van der Waals surface area contributed by atoms with Crippen LogP contribution in [0, 0.1) is 0 Å². The van der Waals surface area contributed by atoms with Crippen molar-refractivity contribution in [1.29, 1.82) is 0 Å². The second-order valence-corrected chi connectivity index (χ2v) is 8.65. The largest absolute Gasteiger partial charge is 0.497 e. The number of aromatic amines is 1. The fraction of sp³-hybridized carbons (Fsp3) is 0.125. The summed E-state index contributed by atoms with van der Waals surface area (Å²) in [5, 5.41) is 2.84. The van der Waals surface area contributed by atoms with Crippen molar-refractivity contribution in [2.75, 3.05) is 12.8 Å². The van der Waals surface area contributed by atoms with Gasteiger partial charge in [0.05, 0.1) is 13.0 Å². The topological polar surface area (TPSA) is 49.4 Å². The third-order valence-electron chi connectivity index (χ3n) is 5.05. The first-order chi connectivity index (χ1) is 14.1. The van der Waals surface area contributed by atoms with Gasteiger partial charge in [0.25, 0.3) is 0 Å². The van der Waals surface area contributed by atoms with Gasteiger partial charge in [-0.15, -0.1) is 0 Å². The molecule has 3 N–H and O–H groups in total. The predicted octanol–water partition coefficient (Wildman–Crippen LogP) is 5.96. The number of nitrogen functional groups attached to an aromatic ring is 1. The zero-order valence-electron chi connectivity index (χ0n) is 16.1. The highest BCUT2D eigenvalue weighted by Crippen LogP contribution is 2.32. The van der Waals surface area contributed by atoms with Gasteiger partial charge < -0.3 is 4.74 Å². The van der Waals surface area contributed by atoms with Gasteiger partial charge in [0, 0.05) is 9.85 Å². The number of halogens is 1. The Bertz CT molecular complexity index is 1090. The Morgan fingerprint density at radius 2 is 1.72 bits per heavy atom. The lowest BCUT2D eigenvalue weighted by Crippen LogP contribution is -2.17. The molecule has 4 aromatic rings. The Kier molecular flexibility index (Phi) is 5.97. The summed E-state index contributed by atoms with van der Waals surface area (Å²) in [6, 6.07) is 25.3. The molecule has 5 heteroatoms. The van der Waals surface area contributed by atoms with E-state index in [9.17, 15) is 0 Å². The number of hydrogen-bond acceptors (Lipinski definition) is 3. The van der Waals surface area contributed by atoms with Gasteiger partial charge in [-0.05, 0) is 46.9 Å². The molecule has 1 aromatic heterocycles. The molecule has 1 heterocycles. The monoisotopic (exact) mass is 465 g/mol. The smallest absolute Gasteiger partial charge is 0.329 e. The molecule has 0 fully saturated rings. The van der Waals surface area contributed by atoms with E-state index in [0.29, 0.717) is 0 Å². The summed E-state index contributed by atoms with van der Waals surface area (Å²) in [6.07, 6.45) is 0.884. The minimum atomic E-state index is 0.198. The standard InChI is InChI=1S/C24H21BrN2OS/c1-28-19-12-10-18(11-13-19)21(23-15-29-24(26)27-23)14-16-6-8-17(9-7-16)20-4-2-3-5-22(20)25/h2-13,15,21H,14H2,1H3,(H2,26,27)/p+1/t21-/m0/s1. The maximum atomic E-state index is 5.97. The molecule has 0 aliphatic rings. The van der Waals surface area contributed by atoms with E-state index in [-0.39, 0.29) is 5.92 Å². The van der Waals surface area contributed by atoms with Crippen LogP contribution in [0.25, 0.3) is 11.1 Å². The Labute approximate surface area is 183 Å². The van der Waals surface area contributed by atoms with E-state index >= 15 is 0 Å². The fourth-order valence-corrected chi connectivity index (χ4v) is 4.66. The Hall–Kier alpha value is -2.63. The summed E-state index contributed by atoms with van der Waals surface area (Å²) in [5.41, 5.74) is 12.0. The van der Waals surface area contributed by atoms with Gasteiger partial charge in [-0.25, -0.2) is 4.98 Å². The first-order valence-corrected chi connectivity index (χ1v) is 11.1. The second-order valence-electron chi connectivity index (χ2n) is 6.89. The zero-order valence-corrected chi connectivity index (χ0v) is 18.5. The van der Waals surface area contributed by atoms with Crippen molar-refractivity contribution in [1.82, 2.24) is 0 Å². The highest BCUT2D eigenvalue weighted by atomic mass is 79.9. The zero-order chi connectivity index (χ0) is 20.2. The number of ether oxygens (including phenoxy) is 1. The van der Waals surface area contributed by atoms with Crippen LogP contribution in [-0.4, -0.2) is 7.11 Å². The molecule has 0 aliphatic heterocycles. The van der Waals surface area contributed by atoms with Crippen LogP contribution in [0.4, 0.5) is 5.13 Å². The lowest BCUT2D eigenvalue weighted by atomic mass is 9.89. The van der Waals surface area contributed by atoms with E-state index in [1.165, 1.54) is 33.6 Å². The van der Waals surface area contributed by atoms with E-state index in [0.717, 1.165) is 27.5 Å². The van der Waals surface area contributed by atoms with Gasteiger partial charge in [0.15, 0.2) is 0 Å². The van der Waals surface area contributed by atoms with E-state index in [1.807, 2.05) is 18.2 Å². The Morgan fingerprint density at radius 3 is 2.34 bits per heavy atom. The second kappa shape index (κ2) is 8.80. The van der Waals surface area contributed by atoms with Gasteiger partial charge in [0.1, 0.15) is 11.4 Å². The van der Waals surface area contributed by atoms with Crippen LogP contribution in [0.3, 0.4) is 0 Å². The number of H-pyrrole nitrogens is 1. The summed E-state index contributed by atoms with van der Waals surface area (Å²) < 4.78 is 6.42. The maximum absolute atomic E-state index is 5.97. The van der Waals surface area contributed by atoms with Crippen LogP contribution >= 0.6 is 27.3 Å². The molecule has 1 atom stereocenters. The van der Waals surface area contributed by atoms with Gasteiger partial charge in [0.2, 0.25) is 0 Å². The average molecular weight is 466 g/mol. The SMILES string of the molecule is COc1ccc([C@H](Cc2ccc(-c3ccccc3Br)cc2)c2csc(N)[nH+]2)cc1. The van der Waals surface area contributed by atoms with Crippen molar-refractivity contribution in [2.45, 2.75) is 12.3 Å². The lowest BCUT2D eigenvalue weighted by molar-refractivity contribution is -0.368. The van der Waals surface area contributed by atoms with Crippen molar-refractivity contribution < 1.29 is 9.72 Å². The fourth-order valence-electron chi connectivity index (χ4n) is 3.49. The van der Waals surface area contributed by atoms with Gasteiger partial charge in [-0.3, -0.25) is 5.73 Å². The molecular weight excluding hydrogens is 444 g/mol. The van der Waals surface area contributed by atoms with Crippen molar-refractivity contribution >= 4 is 32.4 Å². The van der Waals surface area contributed by atoms with Crippen molar-refractivity contribution in [3.63, 3.8) is 0 Å². The maximum Gasteiger partial charge on any atom is 0.329 e. The molecule has 0 radical (unpaired) electrons. The van der Waals surface area contributed by atoms with Crippen molar-refractivity contribution in [3.05, 3.63) is 99.5 Å². The van der Waals surface area contributed by atoms with Crippen molar-refractivity contribution in [3.8, 4) is 16.9 Å². The van der Waals surface area contributed by atoms with E-state index < -0.39 is 0 Å². The number of rotatable bonds is 6. The van der Waals surface area contributed by atoms with Crippen LogP contribution in [0.1, 0.15) is 22.7 Å². The number of methoxy groups -OCH3 is 1. The number of hydrogen-bond donors (Lipinski definition) is 1. The summed E-state index contributed by atoms with van der Waals surface area (Å²) in [5.74, 6) is 1.06. The molecule has 0 saturated heterocycles. The summed E-state index contributed by atoms with van der Waals surface area (Å²) in [6.45, 7) is 0. The normalized spacial score (nSPS) is 11.9. The van der Waals surface area contributed by atoms with Crippen LogP contribution in [0.5, 0.6) is 5.75 Å². The predicted molar refractivity (Wildman–Crippen MR) is 123 cm³/mol. The molecule has 0 aliphatic carbocycles. The number of benzene rings is 3. The number of nitrogens with two attached hydrogens (primary N) is 1. The molecule has 3 aromatic carbocycles. The quantitative estimate of drug-likeness (QED) is 0.381. The first kappa shape index (κ1) is 19.7. The molecule has 0 spiro atoms. The minimum Gasteiger partial charge on any atom is -0.497 e. The highest BCUT2D eigenvalue weighted by Gasteiger charge is 2.20. The van der Waals surface area contributed by atoms with Gasteiger partial charge in [-0.1, -0.05) is 81.9 Å².